The molecule has 160 valence electrons. The Morgan fingerprint density at radius 1 is 0.867 bits per heavy atom. The molecule has 1 amide bonds. The van der Waals surface area contributed by atoms with Crippen molar-refractivity contribution in [2.45, 2.75) is 25.9 Å². The van der Waals surface area contributed by atoms with Gasteiger partial charge in [0.15, 0.2) is 0 Å². The predicted molar refractivity (Wildman–Crippen MR) is 123 cm³/mol. The molecule has 5 heteroatoms. The molecule has 0 radical (unpaired) electrons. The number of nitrogens with zero attached hydrogens (tertiary/aromatic N) is 4. The minimum atomic E-state index is 0.0984. The summed E-state index contributed by atoms with van der Waals surface area (Å²) in [5.41, 5.74) is 3.20. The Morgan fingerprint density at radius 2 is 1.53 bits per heavy atom. The Morgan fingerprint density at radius 3 is 2.17 bits per heavy atom. The lowest BCUT2D eigenvalue weighted by molar-refractivity contribution is 0.0498. The summed E-state index contributed by atoms with van der Waals surface area (Å²) in [6, 6.07) is 19.4. The van der Waals surface area contributed by atoms with Gasteiger partial charge in [0.05, 0.1) is 6.04 Å². The molecule has 5 nitrogen and oxygen atoms in total. The molecule has 2 heterocycles. The van der Waals surface area contributed by atoms with E-state index >= 15 is 0 Å². The Labute approximate surface area is 180 Å². The van der Waals surface area contributed by atoms with Crippen LogP contribution in [0.3, 0.4) is 0 Å². The van der Waals surface area contributed by atoms with Gasteiger partial charge in [-0.15, -0.1) is 0 Å². The highest BCUT2D eigenvalue weighted by molar-refractivity contribution is 5.95. The fraction of sp³-hybridized carbons (Fsp3) is 0.480. The second kappa shape index (κ2) is 9.19. The Kier molecular flexibility index (Phi) is 6.40. The average Bonchev–Trinajstić information content (AvgIpc) is 2.79. The number of amides is 1. The molecular formula is C25H34N4O. The number of benzene rings is 2. The van der Waals surface area contributed by atoms with Crippen molar-refractivity contribution in [3.8, 4) is 0 Å². The monoisotopic (exact) mass is 406 g/mol. The van der Waals surface area contributed by atoms with E-state index in [9.17, 15) is 4.79 Å². The first-order valence-corrected chi connectivity index (χ1v) is 11.2. The first-order valence-electron chi connectivity index (χ1n) is 11.2. The summed E-state index contributed by atoms with van der Waals surface area (Å²) in [6.07, 6.45) is 0. The van der Waals surface area contributed by atoms with Crippen LogP contribution in [0.2, 0.25) is 0 Å². The molecule has 2 aliphatic heterocycles. The molecule has 0 aliphatic carbocycles. The number of hydrogen-bond donors (Lipinski definition) is 0. The van der Waals surface area contributed by atoms with Crippen molar-refractivity contribution in [1.82, 2.24) is 14.7 Å². The van der Waals surface area contributed by atoms with Crippen LogP contribution in [0.1, 0.15) is 35.8 Å². The third-order valence-corrected chi connectivity index (χ3v) is 6.55. The summed E-state index contributed by atoms with van der Waals surface area (Å²) < 4.78 is 0. The minimum Gasteiger partial charge on any atom is -0.369 e. The maximum Gasteiger partial charge on any atom is 0.254 e. The highest BCUT2D eigenvalue weighted by Gasteiger charge is 2.31. The number of rotatable bonds is 4. The van der Waals surface area contributed by atoms with Crippen LogP contribution in [0.5, 0.6) is 0 Å². The van der Waals surface area contributed by atoms with Crippen LogP contribution in [-0.4, -0.2) is 79.5 Å². The molecule has 0 bridgehead atoms. The lowest BCUT2D eigenvalue weighted by atomic mass is 10.0. The van der Waals surface area contributed by atoms with Crippen molar-refractivity contribution in [3.05, 3.63) is 65.7 Å². The summed E-state index contributed by atoms with van der Waals surface area (Å²) in [5, 5.41) is 0. The van der Waals surface area contributed by atoms with Gasteiger partial charge in [-0.1, -0.05) is 30.3 Å². The molecule has 0 N–H and O–H groups in total. The number of anilines is 1. The summed E-state index contributed by atoms with van der Waals surface area (Å²) >= 11 is 0. The van der Waals surface area contributed by atoms with Crippen LogP contribution in [0.15, 0.2) is 54.6 Å². The van der Waals surface area contributed by atoms with E-state index in [1.807, 2.05) is 23.1 Å². The number of carbonyl (C=O) groups is 1. The van der Waals surface area contributed by atoms with Gasteiger partial charge in [0.25, 0.3) is 5.91 Å². The van der Waals surface area contributed by atoms with E-state index in [2.05, 4.69) is 72.0 Å². The third-order valence-electron chi connectivity index (χ3n) is 6.55. The van der Waals surface area contributed by atoms with Crippen molar-refractivity contribution >= 4 is 11.6 Å². The Balaban J connectivity index is 1.46. The molecule has 0 aromatic heterocycles. The molecule has 2 aliphatic rings. The van der Waals surface area contributed by atoms with Gasteiger partial charge in [-0.2, -0.15) is 0 Å². The lowest BCUT2D eigenvalue weighted by Crippen LogP contribution is -2.49. The molecule has 2 aromatic carbocycles. The molecule has 30 heavy (non-hydrogen) atoms. The van der Waals surface area contributed by atoms with Crippen molar-refractivity contribution in [1.29, 1.82) is 0 Å². The lowest BCUT2D eigenvalue weighted by Gasteiger charge is -2.40. The smallest absolute Gasteiger partial charge is 0.254 e. The van der Waals surface area contributed by atoms with Crippen molar-refractivity contribution in [3.63, 3.8) is 0 Å². The first-order chi connectivity index (χ1) is 14.5. The van der Waals surface area contributed by atoms with Gasteiger partial charge in [0, 0.05) is 63.1 Å². The molecule has 0 saturated carbocycles. The van der Waals surface area contributed by atoms with Gasteiger partial charge in [-0.25, -0.2) is 0 Å². The van der Waals surface area contributed by atoms with Gasteiger partial charge in [-0.05, 0) is 50.7 Å². The molecule has 2 saturated heterocycles. The van der Waals surface area contributed by atoms with Gasteiger partial charge in [-0.3, -0.25) is 9.69 Å². The maximum absolute atomic E-state index is 13.4. The summed E-state index contributed by atoms with van der Waals surface area (Å²) in [6.45, 7) is 11.3. The molecule has 0 spiro atoms. The quantitative estimate of drug-likeness (QED) is 0.779. The number of hydrogen-bond acceptors (Lipinski definition) is 4. The van der Waals surface area contributed by atoms with Crippen LogP contribution >= 0.6 is 0 Å². The van der Waals surface area contributed by atoms with E-state index in [1.54, 1.807) is 0 Å². The second-order valence-electron chi connectivity index (χ2n) is 8.85. The normalized spacial score (nSPS) is 21.3. The molecule has 1 unspecified atom stereocenters. The zero-order chi connectivity index (χ0) is 21.1. The largest absolute Gasteiger partial charge is 0.369 e. The first kappa shape index (κ1) is 20.9. The highest BCUT2D eigenvalue weighted by atomic mass is 16.2. The zero-order valence-electron chi connectivity index (χ0n) is 18.5. The number of piperazine rings is 2. The zero-order valence-corrected chi connectivity index (χ0v) is 18.5. The summed E-state index contributed by atoms with van der Waals surface area (Å²) in [5.74, 6) is 0.133. The Hall–Kier alpha value is -2.37. The van der Waals surface area contributed by atoms with Crippen LogP contribution in [-0.2, 0) is 0 Å². The van der Waals surface area contributed by atoms with E-state index in [0.717, 1.165) is 51.4 Å². The highest BCUT2D eigenvalue weighted by Crippen LogP contribution is 2.27. The van der Waals surface area contributed by atoms with E-state index in [4.69, 9.17) is 0 Å². The fourth-order valence-corrected chi connectivity index (χ4v) is 4.60. The molecule has 2 aromatic rings. The standard InChI is InChI=1S/C25H34N4O/c1-20(2)27-14-16-28(17-15-27)23-11-9-22(10-12-23)25(30)29-18-13-26(3)19-24(29)21-7-5-4-6-8-21/h4-12,20,24H,13-19H2,1-3H3. The van der Waals surface area contributed by atoms with E-state index in [1.165, 1.54) is 11.3 Å². The van der Waals surface area contributed by atoms with Crippen molar-refractivity contribution in [2.24, 2.45) is 0 Å². The summed E-state index contributed by atoms with van der Waals surface area (Å²) in [4.78, 5) is 22.7. The minimum absolute atomic E-state index is 0.0984. The van der Waals surface area contributed by atoms with Gasteiger partial charge in [0.2, 0.25) is 0 Å². The SMILES string of the molecule is CC(C)N1CCN(c2ccc(C(=O)N3CCN(C)CC3c3ccccc3)cc2)CC1. The Bertz CT molecular complexity index is 828. The molecule has 4 rings (SSSR count). The van der Waals surface area contributed by atoms with Crippen LogP contribution in [0, 0.1) is 0 Å². The van der Waals surface area contributed by atoms with Crippen molar-refractivity contribution < 1.29 is 4.79 Å². The van der Waals surface area contributed by atoms with Gasteiger partial charge >= 0.3 is 0 Å². The van der Waals surface area contributed by atoms with Gasteiger partial charge in [0.1, 0.15) is 0 Å². The number of carbonyl (C=O) groups excluding carboxylic acids is 1. The van der Waals surface area contributed by atoms with Crippen LogP contribution in [0.4, 0.5) is 5.69 Å². The fourth-order valence-electron chi connectivity index (χ4n) is 4.60. The number of likely N-dealkylation sites (N-methyl/N-ethyl adjacent to an activating group) is 1. The molecule has 1 atom stereocenters. The van der Waals surface area contributed by atoms with Crippen LogP contribution < -0.4 is 4.90 Å². The van der Waals surface area contributed by atoms with Crippen LogP contribution in [0.25, 0.3) is 0 Å². The molecular weight excluding hydrogens is 372 g/mol. The molecule has 2 fully saturated rings. The van der Waals surface area contributed by atoms with Crippen molar-refractivity contribution in [2.75, 3.05) is 57.8 Å². The third kappa shape index (κ3) is 4.52. The maximum atomic E-state index is 13.4. The predicted octanol–water partition coefficient (Wildman–Crippen LogP) is 3.35. The average molecular weight is 407 g/mol. The van der Waals surface area contributed by atoms with Gasteiger partial charge < -0.3 is 14.7 Å². The van der Waals surface area contributed by atoms with E-state index < -0.39 is 0 Å². The summed E-state index contributed by atoms with van der Waals surface area (Å²) in [7, 11) is 2.13. The van der Waals surface area contributed by atoms with E-state index in [-0.39, 0.29) is 11.9 Å². The topological polar surface area (TPSA) is 30.0 Å². The second-order valence-corrected chi connectivity index (χ2v) is 8.85. The van der Waals surface area contributed by atoms with E-state index in [0.29, 0.717) is 6.04 Å².